The second-order valence-corrected chi connectivity index (χ2v) is 7.83. The number of fused-ring (bicyclic) bond motifs is 1. The van der Waals surface area contributed by atoms with Crippen LogP contribution < -0.4 is 4.90 Å². The van der Waals surface area contributed by atoms with Crippen molar-refractivity contribution >= 4 is 32.5 Å². The molecule has 0 N–H and O–H groups in total. The first-order valence-corrected chi connectivity index (χ1v) is 9.67. The Balaban J connectivity index is 1.86. The largest absolute Gasteiger partial charge is 0.401 e. The average molecular weight is 433 g/mol. The number of benzene rings is 1. The molecule has 1 aromatic heterocycles. The molecule has 4 nitrogen and oxygen atoms in total. The number of anilines is 1. The Morgan fingerprint density at radius 2 is 1.96 bits per heavy atom. The van der Waals surface area contributed by atoms with E-state index < -0.39 is 12.7 Å². The van der Waals surface area contributed by atoms with Gasteiger partial charge in [0.25, 0.3) is 0 Å². The maximum atomic E-state index is 12.6. The van der Waals surface area contributed by atoms with Crippen LogP contribution in [0.25, 0.3) is 10.9 Å². The lowest BCUT2D eigenvalue weighted by Crippen LogP contribution is -2.47. The number of aryl methyl sites for hydroxylation is 1. The molecule has 1 aliphatic heterocycles. The topological polar surface area (TPSA) is 24.3 Å². The summed E-state index contributed by atoms with van der Waals surface area (Å²) < 4.78 is 40.7. The van der Waals surface area contributed by atoms with Crippen molar-refractivity contribution in [1.82, 2.24) is 14.7 Å². The minimum absolute atomic E-state index is 0.237. The molecule has 2 heterocycles. The number of rotatable bonds is 4. The Hall–Kier alpha value is -1.28. The third-order valence-electron chi connectivity index (χ3n) is 5.12. The third kappa shape index (κ3) is 4.01. The molecule has 0 radical (unpaired) electrons. The summed E-state index contributed by atoms with van der Waals surface area (Å²) in [6.45, 7) is 5.13. The van der Waals surface area contributed by atoms with E-state index in [1.54, 1.807) is 4.68 Å². The van der Waals surface area contributed by atoms with E-state index in [-0.39, 0.29) is 6.04 Å². The molecule has 26 heavy (non-hydrogen) atoms. The molecule has 1 aromatic carbocycles. The van der Waals surface area contributed by atoms with Crippen molar-refractivity contribution in [2.75, 3.05) is 31.1 Å². The fourth-order valence-corrected chi connectivity index (χ4v) is 4.35. The van der Waals surface area contributed by atoms with Crippen LogP contribution in [0.1, 0.15) is 25.3 Å². The van der Waals surface area contributed by atoms with Crippen LogP contribution >= 0.6 is 15.9 Å². The second kappa shape index (κ2) is 7.38. The van der Waals surface area contributed by atoms with Crippen LogP contribution in [-0.4, -0.2) is 53.1 Å². The van der Waals surface area contributed by atoms with Crippen LogP contribution in [0.15, 0.2) is 16.7 Å². The highest BCUT2D eigenvalue weighted by Crippen LogP contribution is 2.37. The molecule has 3 rings (SSSR count). The Kier molecular flexibility index (Phi) is 5.53. The second-order valence-electron chi connectivity index (χ2n) is 6.98. The SMILES string of the molecule is CCN(c1c(C)c(Br)cc2nn(C)cc12)C1CCN(CC(F)(F)F)CC1. The maximum absolute atomic E-state index is 12.6. The van der Waals surface area contributed by atoms with E-state index in [4.69, 9.17) is 0 Å². The lowest BCUT2D eigenvalue weighted by Gasteiger charge is -2.40. The minimum Gasteiger partial charge on any atom is -0.368 e. The van der Waals surface area contributed by atoms with Crippen LogP contribution in [0.3, 0.4) is 0 Å². The van der Waals surface area contributed by atoms with Crippen LogP contribution in [-0.2, 0) is 7.05 Å². The molecule has 1 saturated heterocycles. The van der Waals surface area contributed by atoms with Crippen LogP contribution in [0, 0.1) is 6.92 Å². The van der Waals surface area contributed by atoms with E-state index in [0.29, 0.717) is 13.1 Å². The predicted molar refractivity (Wildman–Crippen MR) is 102 cm³/mol. The summed E-state index contributed by atoms with van der Waals surface area (Å²) in [5, 5.41) is 5.61. The standard InChI is InChI=1S/C18H24BrF3N4/c1-4-26(13-5-7-25(8-6-13)11-18(20,21)22)17-12(2)15(19)9-16-14(17)10-24(3)23-16/h9-10,13H,4-8,11H2,1-3H3. The zero-order valence-corrected chi connectivity index (χ0v) is 16.9. The summed E-state index contributed by atoms with van der Waals surface area (Å²) in [6, 6.07) is 2.26. The fourth-order valence-electron chi connectivity index (χ4n) is 3.95. The van der Waals surface area contributed by atoms with Gasteiger partial charge in [-0.1, -0.05) is 15.9 Å². The Labute approximate surface area is 160 Å². The van der Waals surface area contributed by atoms with Gasteiger partial charge in [-0.15, -0.1) is 0 Å². The summed E-state index contributed by atoms with van der Waals surface area (Å²) in [5.74, 6) is 0. The molecule has 0 bridgehead atoms. The van der Waals surface area contributed by atoms with Gasteiger partial charge in [-0.25, -0.2) is 0 Å². The van der Waals surface area contributed by atoms with Gasteiger partial charge in [-0.3, -0.25) is 9.58 Å². The van der Waals surface area contributed by atoms with Gasteiger partial charge in [0.2, 0.25) is 0 Å². The van der Waals surface area contributed by atoms with Gasteiger partial charge < -0.3 is 4.90 Å². The van der Waals surface area contributed by atoms with Crippen molar-refractivity contribution in [3.05, 3.63) is 22.3 Å². The number of likely N-dealkylation sites (tertiary alicyclic amines) is 1. The van der Waals surface area contributed by atoms with Crippen molar-refractivity contribution in [3.8, 4) is 0 Å². The molecule has 0 aliphatic carbocycles. The highest BCUT2D eigenvalue weighted by atomic mass is 79.9. The zero-order valence-electron chi connectivity index (χ0n) is 15.3. The van der Waals surface area contributed by atoms with Crippen molar-refractivity contribution in [2.24, 2.45) is 7.05 Å². The van der Waals surface area contributed by atoms with Crippen molar-refractivity contribution in [3.63, 3.8) is 0 Å². The Bertz CT molecular complexity index is 779. The van der Waals surface area contributed by atoms with Gasteiger partial charge in [0.15, 0.2) is 0 Å². The summed E-state index contributed by atoms with van der Waals surface area (Å²) in [5.41, 5.74) is 3.21. The van der Waals surface area contributed by atoms with E-state index in [1.165, 1.54) is 4.90 Å². The molecule has 144 valence electrons. The first-order valence-electron chi connectivity index (χ1n) is 8.87. The lowest BCUT2D eigenvalue weighted by atomic mass is 10.00. The van der Waals surface area contributed by atoms with E-state index in [1.807, 2.05) is 19.3 Å². The van der Waals surface area contributed by atoms with Crippen molar-refractivity contribution < 1.29 is 13.2 Å². The van der Waals surface area contributed by atoms with Crippen LogP contribution in [0.2, 0.25) is 0 Å². The summed E-state index contributed by atoms with van der Waals surface area (Å²) in [6.07, 6.45) is -0.638. The molecular weight excluding hydrogens is 409 g/mol. The van der Waals surface area contributed by atoms with E-state index in [2.05, 4.69) is 39.8 Å². The highest BCUT2D eigenvalue weighted by molar-refractivity contribution is 9.10. The molecule has 0 saturated carbocycles. The number of hydrogen-bond acceptors (Lipinski definition) is 3. The monoisotopic (exact) mass is 432 g/mol. The molecule has 1 fully saturated rings. The summed E-state index contributed by atoms with van der Waals surface area (Å²) in [7, 11) is 1.90. The Morgan fingerprint density at radius 3 is 2.54 bits per heavy atom. The predicted octanol–water partition coefficient (Wildman–Crippen LogP) is 4.50. The molecule has 0 atom stereocenters. The summed E-state index contributed by atoms with van der Waals surface area (Å²) >= 11 is 3.63. The highest BCUT2D eigenvalue weighted by Gasteiger charge is 2.34. The fraction of sp³-hybridized carbons (Fsp3) is 0.611. The van der Waals surface area contributed by atoms with Gasteiger partial charge >= 0.3 is 6.18 Å². The van der Waals surface area contributed by atoms with Gasteiger partial charge in [-0.05, 0) is 38.3 Å². The quantitative estimate of drug-likeness (QED) is 0.710. The first-order chi connectivity index (χ1) is 12.2. The molecular formula is C18H24BrF3N4. The molecule has 8 heteroatoms. The number of nitrogens with zero attached hydrogens (tertiary/aromatic N) is 4. The van der Waals surface area contributed by atoms with Gasteiger partial charge in [0.1, 0.15) is 0 Å². The number of halogens is 4. The number of aromatic nitrogens is 2. The molecule has 0 unspecified atom stereocenters. The zero-order chi connectivity index (χ0) is 19.1. The lowest BCUT2D eigenvalue weighted by molar-refractivity contribution is -0.147. The first kappa shape index (κ1) is 19.5. The van der Waals surface area contributed by atoms with Gasteiger partial charge in [-0.2, -0.15) is 18.3 Å². The molecule has 0 amide bonds. The van der Waals surface area contributed by atoms with E-state index >= 15 is 0 Å². The van der Waals surface area contributed by atoms with Gasteiger partial charge in [0, 0.05) is 48.8 Å². The van der Waals surface area contributed by atoms with E-state index in [0.717, 1.165) is 46.0 Å². The van der Waals surface area contributed by atoms with Gasteiger partial charge in [0.05, 0.1) is 17.7 Å². The molecule has 0 spiro atoms. The molecule has 2 aromatic rings. The number of piperidine rings is 1. The smallest absolute Gasteiger partial charge is 0.368 e. The summed E-state index contributed by atoms with van der Waals surface area (Å²) in [4.78, 5) is 3.85. The third-order valence-corrected chi connectivity index (χ3v) is 5.94. The van der Waals surface area contributed by atoms with Crippen LogP contribution in [0.5, 0.6) is 0 Å². The number of hydrogen-bond donors (Lipinski definition) is 0. The van der Waals surface area contributed by atoms with E-state index in [9.17, 15) is 13.2 Å². The maximum Gasteiger partial charge on any atom is 0.401 e. The molecule has 1 aliphatic rings. The number of alkyl halides is 3. The normalized spacial score (nSPS) is 17.2. The van der Waals surface area contributed by atoms with Crippen LogP contribution in [0.4, 0.5) is 18.9 Å². The van der Waals surface area contributed by atoms with Crippen molar-refractivity contribution in [2.45, 2.75) is 38.9 Å². The average Bonchev–Trinajstić information content (AvgIpc) is 2.91. The van der Waals surface area contributed by atoms with Crippen molar-refractivity contribution in [1.29, 1.82) is 0 Å². The minimum atomic E-state index is -4.12. The Morgan fingerprint density at radius 1 is 1.31 bits per heavy atom.